The number of nitrogens with zero attached hydrogens (tertiary/aromatic N) is 3. The van der Waals surface area contributed by atoms with Crippen LogP contribution in [0.15, 0.2) is 54.7 Å². The summed E-state index contributed by atoms with van der Waals surface area (Å²) in [6.45, 7) is 4.73. The summed E-state index contributed by atoms with van der Waals surface area (Å²) >= 11 is 0. The molecule has 1 aromatic carbocycles. The second-order valence-electron chi connectivity index (χ2n) is 5.53. The largest absolute Gasteiger partial charge is 0.364 e. The van der Waals surface area contributed by atoms with Crippen LogP contribution in [-0.4, -0.2) is 15.0 Å². The summed E-state index contributed by atoms with van der Waals surface area (Å²) in [6, 6.07) is 16.0. The van der Waals surface area contributed by atoms with Gasteiger partial charge in [-0.1, -0.05) is 31.2 Å². The van der Waals surface area contributed by atoms with E-state index in [2.05, 4.69) is 38.6 Å². The van der Waals surface area contributed by atoms with Crippen molar-refractivity contribution in [3.8, 4) is 0 Å². The van der Waals surface area contributed by atoms with Gasteiger partial charge in [0.05, 0.1) is 12.2 Å². The van der Waals surface area contributed by atoms with E-state index in [0.29, 0.717) is 12.5 Å². The van der Waals surface area contributed by atoms with Crippen LogP contribution in [0.4, 0.5) is 17.5 Å². The van der Waals surface area contributed by atoms with Crippen molar-refractivity contribution in [1.29, 1.82) is 0 Å². The van der Waals surface area contributed by atoms with Crippen LogP contribution >= 0.6 is 0 Å². The Hall–Kier alpha value is -2.95. The summed E-state index contributed by atoms with van der Waals surface area (Å²) < 4.78 is 0. The zero-order chi connectivity index (χ0) is 16.8. The Bertz CT molecular complexity index is 802. The quantitative estimate of drug-likeness (QED) is 0.716. The topological polar surface area (TPSA) is 62.7 Å². The first-order valence-electron chi connectivity index (χ1n) is 8.09. The molecular weight excluding hydrogens is 298 g/mol. The van der Waals surface area contributed by atoms with E-state index in [1.807, 2.05) is 49.4 Å². The molecule has 122 valence electrons. The Balaban J connectivity index is 1.76. The molecule has 2 N–H and O–H groups in total. The number of aryl methyl sites for hydroxylation is 2. The van der Waals surface area contributed by atoms with Gasteiger partial charge in [-0.05, 0) is 37.1 Å². The lowest BCUT2D eigenvalue weighted by molar-refractivity contribution is 1.01. The van der Waals surface area contributed by atoms with Gasteiger partial charge in [0.15, 0.2) is 0 Å². The average Bonchev–Trinajstić information content (AvgIpc) is 2.61. The van der Waals surface area contributed by atoms with Crippen molar-refractivity contribution in [2.45, 2.75) is 26.8 Å². The number of para-hydroxylation sites is 1. The van der Waals surface area contributed by atoms with Gasteiger partial charge in [-0.25, -0.2) is 4.98 Å². The molecule has 0 aliphatic carbocycles. The molecule has 0 saturated carbocycles. The molecule has 5 nitrogen and oxygen atoms in total. The molecule has 2 heterocycles. The predicted octanol–water partition coefficient (Wildman–Crippen LogP) is 4.10. The number of benzene rings is 1. The molecule has 0 atom stereocenters. The van der Waals surface area contributed by atoms with Crippen LogP contribution in [0.2, 0.25) is 0 Å². The highest BCUT2D eigenvalue weighted by atomic mass is 15.1. The second kappa shape index (κ2) is 7.55. The molecule has 0 fully saturated rings. The minimum Gasteiger partial charge on any atom is -0.364 e. The van der Waals surface area contributed by atoms with Crippen molar-refractivity contribution in [3.05, 3.63) is 71.7 Å². The van der Waals surface area contributed by atoms with Gasteiger partial charge in [0.2, 0.25) is 5.95 Å². The van der Waals surface area contributed by atoms with E-state index in [-0.39, 0.29) is 0 Å². The summed E-state index contributed by atoms with van der Waals surface area (Å²) in [6.07, 6.45) is 2.75. The van der Waals surface area contributed by atoms with Gasteiger partial charge in [0.1, 0.15) is 5.82 Å². The third-order valence-electron chi connectivity index (χ3n) is 3.68. The lowest BCUT2D eigenvalue weighted by atomic mass is 10.1. The molecule has 0 saturated heterocycles. The van der Waals surface area contributed by atoms with Gasteiger partial charge in [0, 0.05) is 23.6 Å². The maximum absolute atomic E-state index is 4.56. The third kappa shape index (κ3) is 4.07. The monoisotopic (exact) mass is 319 g/mol. The fourth-order valence-corrected chi connectivity index (χ4v) is 2.47. The van der Waals surface area contributed by atoms with Gasteiger partial charge in [0.25, 0.3) is 0 Å². The van der Waals surface area contributed by atoms with E-state index in [9.17, 15) is 0 Å². The van der Waals surface area contributed by atoms with E-state index in [1.165, 1.54) is 5.56 Å². The molecule has 0 bridgehead atoms. The molecular formula is C19H21N5. The maximum atomic E-state index is 4.56. The molecule has 5 heteroatoms. The van der Waals surface area contributed by atoms with Gasteiger partial charge < -0.3 is 10.6 Å². The highest BCUT2D eigenvalue weighted by Crippen LogP contribution is 2.20. The molecule has 0 radical (unpaired) electrons. The second-order valence-corrected chi connectivity index (χ2v) is 5.53. The van der Waals surface area contributed by atoms with Gasteiger partial charge in [-0.15, -0.1) is 0 Å². The Morgan fingerprint density at radius 2 is 1.83 bits per heavy atom. The van der Waals surface area contributed by atoms with Crippen molar-refractivity contribution < 1.29 is 0 Å². The van der Waals surface area contributed by atoms with Crippen LogP contribution in [-0.2, 0) is 13.0 Å². The van der Waals surface area contributed by atoms with Gasteiger partial charge >= 0.3 is 0 Å². The summed E-state index contributed by atoms with van der Waals surface area (Å²) in [7, 11) is 0. The van der Waals surface area contributed by atoms with Crippen molar-refractivity contribution in [2.75, 3.05) is 10.6 Å². The first-order valence-corrected chi connectivity index (χ1v) is 8.09. The number of pyridine rings is 1. The van der Waals surface area contributed by atoms with Crippen LogP contribution in [0, 0.1) is 6.92 Å². The molecule has 3 aromatic rings. The summed E-state index contributed by atoms with van der Waals surface area (Å²) in [4.78, 5) is 13.3. The lowest BCUT2D eigenvalue weighted by Crippen LogP contribution is -2.07. The highest BCUT2D eigenvalue weighted by molar-refractivity contribution is 5.59. The van der Waals surface area contributed by atoms with E-state index < -0.39 is 0 Å². The smallest absolute Gasteiger partial charge is 0.229 e. The summed E-state index contributed by atoms with van der Waals surface area (Å²) in [5, 5.41) is 6.63. The van der Waals surface area contributed by atoms with Crippen molar-refractivity contribution >= 4 is 17.5 Å². The fraction of sp³-hybridized carbons (Fsp3) is 0.211. The zero-order valence-electron chi connectivity index (χ0n) is 14.0. The molecule has 0 spiro atoms. The first-order chi connectivity index (χ1) is 11.7. The lowest BCUT2D eigenvalue weighted by Gasteiger charge is -2.12. The molecule has 0 aliphatic heterocycles. The van der Waals surface area contributed by atoms with Crippen LogP contribution in [0.25, 0.3) is 0 Å². The Labute approximate surface area is 142 Å². The third-order valence-corrected chi connectivity index (χ3v) is 3.68. The molecule has 0 aliphatic rings. The number of hydrogen-bond acceptors (Lipinski definition) is 5. The number of hydrogen-bond donors (Lipinski definition) is 2. The van der Waals surface area contributed by atoms with Crippen LogP contribution in [0.5, 0.6) is 0 Å². The zero-order valence-corrected chi connectivity index (χ0v) is 14.0. The van der Waals surface area contributed by atoms with Crippen LogP contribution in [0.1, 0.15) is 23.9 Å². The van der Waals surface area contributed by atoms with E-state index in [0.717, 1.165) is 29.3 Å². The summed E-state index contributed by atoms with van der Waals surface area (Å²) in [5.74, 6) is 1.38. The Morgan fingerprint density at radius 1 is 1.00 bits per heavy atom. The van der Waals surface area contributed by atoms with Gasteiger partial charge in [-0.2, -0.15) is 4.98 Å². The summed E-state index contributed by atoms with van der Waals surface area (Å²) in [5.41, 5.74) is 4.16. The van der Waals surface area contributed by atoms with E-state index >= 15 is 0 Å². The van der Waals surface area contributed by atoms with Crippen LogP contribution in [0.3, 0.4) is 0 Å². The van der Waals surface area contributed by atoms with E-state index in [1.54, 1.807) is 6.20 Å². The highest BCUT2D eigenvalue weighted by Gasteiger charge is 2.05. The molecule has 24 heavy (non-hydrogen) atoms. The number of nitrogens with one attached hydrogen (secondary N) is 2. The standard InChI is InChI=1S/C19H21N5/c1-3-15-8-4-5-10-17(15)23-19-22-14(2)12-18(24-19)21-13-16-9-6-7-11-20-16/h4-12H,3,13H2,1-2H3,(H2,21,22,23,24). The molecule has 2 aromatic heterocycles. The molecule has 3 rings (SSSR count). The normalized spacial score (nSPS) is 10.4. The minimum absolute atomic E-state index is 0.597. The van der Waals surface area contributed by atoms with Crippen molar-refractivity contribution in [2.24, 2.45) is 0 Å². The Morgan fingerprint density at radius 3 is 2.62 bits per heavy atom. The number of rotatable bonds is 6. The number of aromatic nitrogens is 3. The number of anilines is 3. The average molecular weight is 319 g/mol. The van der Waals surface area contributed by atoms with Crippen molar-refractivity contribution in [3.63, 3.8) is 0 Å². The van der Waals surface area contributed by atoms with Crippen molar-refractivity contribution in [1.82, 2.24) is 15.0 Å². The van der Waals surface area contributed by atoms with Crippen LogP contribution < -0.4 is 10.6 Å². The Kier molecular flexibility index (Phi) is 5.01. The molecule has 0 unspecified atom stereocenters. The van der Waals surface area contributed by atoms with E-state index in [4.69, 9.17) is 0 Å². The maximum Gasteiger partial charge on any atom is 0.229 e. The SMILES string of the molecule is CCc1ccccc1Nc1nc(C)cc(NCc2ccccn2)n1. The molecule has 0 amide bonds. The first kappa shape index (κ1) is 15.9. The predicted molar refractivity (Wildman–Crippen MR) is 97.4 cm³/mol. The van der Waals surface area contributed by atoms with Gasteiger partial charge in [-0.3, -0.25) is 4.98 Å². The minimum atomic E-state index is 0.597. The fourth-order valence-electron chi connectivity index (χ4n) is 2.47.